The number of ether oxygens (including phenoxy) is 1. The lowest BCUT2D eigenvalue weighted by atomic mass is 9.68. The van der Waals surface area contributed by atoms with Gasteiger partial charge in [0.25, 0.3) is 5.92 Å². The molecule has 3 aliphatic rings. The van der Waals surface area contributed by atoms with Crippen LogP contribution in [0.2, 0.25) is 0 Å². The van der Waals surface area contributed by atoms with Gasteiger partial charge in [-0.2, -0.15) is 5.10 Å². The van der Waals surface area contributed by atoms with Crippen molar-refractivity contribution in [2.24, 2.45) is 0 Å². The molecule has 2 aromatic heterocycles. The second-order valence-corrected chi connectivity index (χ2v) is 10.2. The van der Waals surface area contributed by atoms with Crippen LogP contribution < -0.4 is 5.32 Å². The van der Waals surface area contributed by atoms with E-state index in [1.165, 1.54) is 17.5 Å². The van der Waals surface area contributed by atoms with E-state index in [1.54, 1.807) is 6.20 Å². The molecule has 2 fully saturated rings. The number of aromatic nitrogens is 3. The average molecular weight is 445 g/mol. The number of alkyl halides is 2. The molecule has 0 radical (unpaired) electrons. The Hall–Kier alpha value is -1.86. The predicted molar refractivity (Wildman–Crippen MR) is 119 cm³/mol. The molecule has 0 aromatic carbocycles. The van der Waals surface area contributed by atoms with Gasteiger partial charge in [0, 0.05) is 43.1 Å². The molecule has 2 aromatic rings. The summed E-state index contributed by atoms with van der Waals surface area (Å²) in [6.45, 7) is 2.59. The Morgan fingerprint density at radius 3 is 2.75 bits per heavy atom. The Morgan fingerprint density at radius 2 is 2.00 bits per heavy atom. The Bertz CT molecular complexity index is 906. The zero-order chi connectivity index (χ0) is 22.2. The van der Waals surface area contributed by atoms with Gasteiger partial charge in [-0.05, 0) is 69.7 Å². The molecule has 2 aliphatic heterocycles. The first kappa shape index (κ1) is 22.0. The Morgan fingerprint density at radius 1 is 1.16 bits per heavy atom. The molecule has 1 saturated heterocycles. The average Bonchev–Trinajstić information content (AvgIpc) is 3.44. The number of nitrogens with one attached hydrogen (secondary N) is 1. The molecule has 3 atom stereocenters. The minimum Gasteiger partial charge on any atom is -0.375 e. The van der Waals surface area contributed by atoms with Crippen molar-refractivity contribution in [3.05, 3.63) is 48.0 Å². The fraction of sp³-hybridized carbons (Fsp3) is 0.680. The van der Waals surface area contributed by atoms with Gasteiger partial charge in [0.05, 0.1) is 11.3 Å². The first-order chi connectivity index (χ1) is 15.4. The number of hydrogen-bond acceptors (Lipinski definition) is 4. The minimum absolute atomic E-state index is 0.000834. The molecule has 174 valence electrons. The third-order valence-corrected chi connectivity index (χ3v) is 8.03. The van der Waals surface area contributed by atoms with Crippen molar-refractivity contribution in [3.8, 4) is 0 Å². The van der Waals surface area contributed by atoms with E-state index in [0.29, 0.717) is 12.8 Å². The summed E-state index contributed by atoms with van der Waals surface area (Å²) in [4.78, 5) is 4.78. The van der Waals surface area contributed by atoms with Gasteiger partial charge in [0.15, 0.2) is 0 Å². The summed E-state index contributed by atoms with van der Waals surface area (Å²) < 4.78 is 36.0. The molecule has 32 heavy (non-hydrogen) atoms. The van der Waals surface area contributed by atoms with E-state index in [9.17, 15) is 8.78 Å². The monoisotopic (exact) mass is 444 g/mol. The third kappa shape index (κ3) is 4.10. The van der Waals surface area contributed by atoms with Crippen LogP contribution in [0.1, 0.15) is 88.2 Å². The molecule has 5 nitrogen and oxygen atoms in total. The zero-order valence-corrected chi connectivity index (χ0v) is 18.9. The van der Waals surface area contributed by atoms with Gasteiger partial charge in [0.2, 0.25) is 0 Å². The molecule has 5 rings (SSSR count). The molecule has 7 heteroatoms. The molecule has 1 saturated carbocycles. The summed E-state index contributed by atoms with van der Waals surface area (Å²) in [7, 11) is 0. The molecule has 1 aliphatic carbocycles. The van der Waals surface area contributed by atoms with Gasteiger partial charge < -0.3 is 10.1 Å². The Balaban J connectivity index is 1.32. The normalized spacial score (nSPS) is 29.8. The molecule has 0 amide bonds. The second-order valence-electron chi connectivity index (χ2n) is 10.2. The van der Waals surface area contributed by atoms with Crippen molar-refractivity contribution < 1.29 is 13.5 Å². The summed E-state index contributed by atoms with van der Waals surface area (Å²) in [6.07, 6.45) is 12.4. The van der Waals surface area contributed by atoms with E-state index >= 15 is 0 Å². The molecular formula is C25H34F2N4O. The van der Waals surface area contributed by atoms with Gasteiger partial charge in [0.1, 0.15) is 6.04 Å². The Labute approximate surface area is 188 Å². The topological polar surface area (TPSA) is 52.0 Å². The van der Waals surface area contributed by atoms with Gasteiger partial charge >= 0.3 is 0 Å². The van der Waals surface area contributed by atoms with Crippen LogP contribution in [0.15, 0.2) is 36.7 Å². The van der Waals surface area contributed by atoms with Crippen molar-refractivity contribution >= 4 is 0 Å². The second kappa shape index (κ2) is 8.49. The predicted octanol–water partition coefficient (Wildman–Crippen LogP) is 5.35. The SMILES string of the molecule is CC(F)(F)C1CCC(NCC[C@@]2(c3ccccn3)CCOC3(CCCC3)C2)c2ccnn21. The van der Waals surface area contributed by atoms with E-state index in [1.807, 2.05) is 18.3 Å². The van der Waals surface area contributed by atoms with E-state index in [4.69, 9.17) is 9.72 Å². The number of fused-ring (bicyclic) bond motifs is 1. The lowest BCUT2D eigenvalue weighted by molar-refractivity contribution is -0.104. The number of hydrogen-bond donors (Lipinski definition) is 1. The summed E-state index contributed by atoms with van der Waals surface area (Å²) in [5.74, 6) is -2.77. The highest BCUT2D eigenvalue weighted by molar-refractivity contribution is 5.21. The first-order valence-corrected chi connectivity index (χ1v) is 12.1. The van der Waals surface area contributed by atoms with Crippen molar-refractivity contribution in [2.45, 2.75) is 93.7 Å². The number of pyridine rings is 1. The van der Waals surface area contributed by atoms with Crippen molar-refractivity contribution in [3.63, 3.8) is 0 Å². The smallest absolute Gasteiger partial charge is 0.267 e. The first-order valence-electron chi connectivity index (χ1n) is 12.1. The lowest BCUT2D eigenvalue weighted by Gasteiger charge is -2.46. The largest absolute Gasteiger partial charge is 0.375 e. The van der Waals surface area contributed by atoms with Crippen molar-refractivity contribution in [1.29, 1.82) is 0 Å². The van der Waals surface area contributed by atoms with E-state index in [0.717, 1.165) is 63.6 Å². The summed E-state index contributed by atoms with van der Waals surface area (Å²) >= 11 is 0. The van der Waals surface area contributed by atoms with E-state index in [-0.39, 0.29) is 17.1 Å². The van der Waals surface area contributed by atoms with Gasteiger partial charge in [-0.25, -0.2) is 8.78 Å². The van der Waals surface area contributed by atoms with Crippen molar-refractivity contribution in [1.82, 2.24) is 20.1 Å². The molecule has 4 heterocycles. The maximum Gasteiger partial charge on any atom is 0.267 e. The lowest BCUT2D eigenvalue weighted by Crippen LogP contribution is -2.47. The highest BCUT2D eigenvalue weighted by atomic mass is 19.3. The van der Waals surface area contributed by atoms with E-state index in [2.05, 4.69) is 22.5 Å². The van der Waals surface area contributed by atoms with Crippen LogP contribution >= 0.6 is 0 Å². The standard InChI is InChI=1S/C25H34F2N4O/c1-23(26,27)22-8-7-19(20-9-15-30-31(20)22)28-16-12-24(21-6-2-5-14-29-21)13-17-32-25(18-24)10-3-4-11-25/h2,5-6,9,14-15,19,22,28H,3-4,7-8,10-13,16-18H2,1H3/t19?,22?,24-/m1/s1. The van der Waals surface area contributed by atoms with Gasteiger partial charge in [-0.1, -0.05) is 18.9 Å². The fourth-order valence-corrected chi connectivity index (χ4v) is 6.41. The highest BCUT2D eigenvalue weighted by Crippen LogP contribution is 2.49. The van der Waals surface area contributed by atoms with E-state index < -0.39 is 12.0 Å². The summed E-state index contributed by atoms with van der Waals surface area (Å²) in [6, 6.07) is 7.30. The van der Waals surface area contributed by atoms with Crippen LogP contribution in [0.25, 0.3) is 0 Å². The Kier molecular flexibility index (Phi) is 5.82. The van der Waals surface area contributed by atoms with Gasteiger partial charge in [-0.3, -0.25) is 9.67 Å². The van der Waals surface area contributed by atoms with Crippen LogP contribution in [0.5, 0.6) is 0 Å². The van der Waals surface area contributed by atoms with Crippen LogP contribution in [0.4, 0.5) is 8.78 Å². The number of rotatable bonds is 6. The van der Waals surface area contributed by atoms with Gasteiger partial charge in [-0.15, -0.1) is 0 Å². The third-order valence-electron chi connectivity index (χ3n) is 8.03. The zero-order valence-electron chi connectivity index (χ0n) is 18.9. The maximum absolute atomic E-state index is 14.1. The summed E-state index contributed by atoms with van der Waals surface area (Å²) in [5.41, 5.74) is 2.02. The minimum atomic E-state index is -2.77. The van der Waals surface area contributed by atoms with Crippen LogP contribution in [0, 0.1) is 0 Å². The quantitative estimate of drug-likeness (QED) is 0.653. The molecule has 1 N–H and O–H groups in total. The van der Waals surface area contributed by atoms with Crippen LogP contribution in [0.3, 0.4) is 0 Å². The van der Waals surface area contributed by atoms with Crippen molar-refractivity contribution in [2.75, 3.05) is 13.2 Å². The highest BCUT2D eigenvalue weighted by Gasteiger charge is 2.48. The number of nitrogens with zero attached hydrogens (tertiary/aromatic N) is 3. The molecule has 2 unspecified atom stereocenters. The molecule has 0 bridgehead atoms. The molecular weight excluding hydrogens is 410 g/mol. The maximum atomic E-state index is 14.1. The summed E-state index contributed by atoms with van der Waals surface area (Å²) in [5, 5.41) is 7.91. The molecule has 1 spiro atoms. The fourth-order valence-electron chi connectivity index (χ4n) is 6.41. The van der Waals surface area contributed by atoms with Crippen LogP contribution in [-0.4, -0.2) is 39.4 Å². The van der Waals surface area contributed by atoms with Crippen LogP contribution in [-0.2, 0) is 10.2 Å². The number of halogens is 2.